The first-order chi connectivity index (χ1) is 32.8. The highest BCUT2D eigenvalue weighted by Crippen LogP contribution is 2.49. The first kappa shape index (κ1) is 53.4. The molecule has 0 aromatic carbocycles. The minimum atomic E-state index is -0.392. The summed E-state index contributed by atoms with van der Waals surface area (Å²) in [5, 5.41) is 2.27. The fraction of sp³-hybridized carbons (Fsp3) is 0.695. The third-order valence-corrected chi connectivity index (χ3v) is 17.0. The number of nitrogens with zero attached hydrogens (tertiary/aromatic N) is 2. The molecule has 0 N–H and O–H groups in total. The molecule has 4 unspecified atom stereocenters. The van der Waals surface area contributed by atoms with Crippen LogP contribution in [0.5, 0.6) is 0 Å². The van der Waals surface area contributed by atoms with Gasteiger partial charge in [0, 0.05) is 30.2 Å². The van der Waals surface area contributed by atoms with Crippen LogP contribution < -0.4 is 0 Å². The average molecular weight is 956 g/mol. The highest BCUT2D eigenvalue weighted by Gasteiger charge is 2.52. The van der Waals surface area contributed by atoms with Gasteiger partial charge in [0.25, 0.3) is 11.8 Å². The van der Waals surface area contributed by atoms with Crippen molar-refractivity contribution in [2.75, 3.05) is 18.8 Å². The second-order valence-corrected chi connectivity index (χ2v) is 22.7. The van der Waals surface area contributed by atoms with Gasteiger partial charge in [0.15, 0.2) is 5.76 Å². The van der Waals surface area contributed by atoms with E-state index in [1.165, 1.54) is 152 Å². The maximum atomic E-state index is 15.6. The van der Waals surface area contributed by atoms with Crippen LogP contribution in [0.1, 0.15) is 226 Å². The number of rotatable bonds is 35. The van der Waals surface area contributed by atoms with Crippen LogP contribution in [0.3, 0.4) is 0 Å². The van der Waals surface area contributed by atoms with E-state index in [0.29, 0.717) is 53.9 Å². The molecule has 2 aromatic rings. The molecule has 8 heteroatoms. The first-order valence-corrected chi connectivity index (χ1v) is 29.7. The van der Waals surface area contributed by atoms with E-state index in [1.54, 1.807) is 11.3 Å². The molecule has 0 saturated carbocycles. The summed E-state index contributed by atoms with van der Waals surface area (Å²) in [5.74, 6) is 4.55. The van der Waals surface area contributed by atoms with Gasteiger partial charge in [-0.15, -0.1) is 23.1 Å². The third-order valence-electron chi connectivity index (χ3n) is 14.8. The zero-order valence-corrected chi connectivity index (χ0v) is 44.7. The van der Waals surface area contributed by atoms with Crippen molar-refractivity contribution in [2.24, 2.45) is 17.8 Å². The summed E-state index contributed by atoms with van der Waals surface area (Å²) >= 11 is 3.64. The largest absolute Gasteiger partial charge is 0.483 e. The molecule has 0 spiro atoms. The van der Waals surface area contributed by atoms with Gasteiger partial charge in [0.1, 0.15) is 23.3 Å². The van der Waals surface area contributed by atoms with Crippen LogP contribution >= 0.6 is 23.1 Å². The predicted octanol–water partition coefficient (Wildman–Crippen LogP) is 17.6. The van der Waals surface area contributed by atoms with Gasteiger partial charge in [-0.05, 0) is 91.5 Å². The molecule has 0 bridgehead atoms. The van der Waals surface area contributed by atoms with E-state index < -0.39 is 6.10 Å². The Morgan fingerprint density at radius 2 is 1.27 bits per heavy atom. The number of furan rings is 1. The van der Waals surface area contributed by atoms with Gasteiger partial charge in [0.2, 0.25) is 0 Å². The summed E-state index contributed by atoms with van der Waals surface area (Å²) in [6, 6.07) is 6.35. The van der Waals surface area contributed by atoms with Crippen molar-refractivity contribution in [3.8, 4) is 10.6 Å². The summed E-state index contributed by atoms with van der Waals surface area (Å²) in [6.07, 6.45) is 37.8. The zero-order chi connectivity index (χ0) is 47.4. The van der Waals surface area contributed by atoms with Gasteiger partial charge in [-0.3, -0.25) is 9.59 Å². The summed E-state index contributed by atoms with van der Waals surface area (Å²) in [5.41, 5.74) is 3.91. The van der Waals surface area contributed by atoms with Crippen molar-refractivity contribution in [2.45, 2.75) is 227 Å². The molecule has 4 atom stereocenters. The van der Waals surface area contributed by atoms with Crippen molar-refractivity contribution in [3.63, 3.8) is 0 Å². The number of fused-ring (bicyclic) bond motifs is 1. The minimum Gasteiger partial charge on any atom is -0.483 e. The molecular formula is C59H90N2O4S2. The summed E-state index contributed by atoms with van der Waals surface area (Å²) in [6.45, 7) is 14.8. The van der Waals surface area contributed by atoms with Gasteiger partial charge < -0.3 is 19.0 Å². The Morgan fingerprint density at radius 1 is 0.672 bits per heavy atom. The Bertz CT molecular complexity index is 1970. The number of thioether (sulfide) groups is 1. The molecule has 0 saturated heterocycles. The van der Waals surface area contributed by atoms with Crippen LogP contribution in [-0.4, -0.2) is 46.6 Å². The topological polar surface area (TPSA) is 63.0 Å². The minimum absolute atomic E-state index is 0.0463. The monoisotopic (exact) mass is 955 g/mol. The van der Waals surface area contributed by atoms with Crippen molar-refractivity contribution in [1.29, 1.82) is 0 Å². The van der Waals surface area contributed by atoms with Crippen LogP contribution in [0.25, 0.3) is 16.3 Å². The molecule has 4 aliphatic heterocycles. The molecule has 6 heterocycles. The summed E-state index contributed by atoms with van der Waals surface area (Å²) in [4.78, 5) is 37.3. The van der Waals surface area contributed by atoms with Crippen LogP contribution in [0.4, 0.5) is 0 Å². The predicted molar refractivity (Wildman–Crippen MR) is 286 cm³/mol. The lowest BCUT2D eigenvalue weighted by Crippen LogP contribution is -2.38. The molecule has 2 aromatic heterocycles. The number of ether oxygens (including phenoxy) is 1. The van der Waals surface area contributed by atoms with E-state index in [9.17, 15) is 0 Å². The molecule has 6 rings (SSSR count). The van der Waals surface area contributed by atoms with E-state index in [0.717, 1.165) is 60.0 Å². The SMILES string of the molecule is CCCCCCCCC(CCCCCC)CN1C(=O)C2=C(c3ccc(-c4cc(CCCCCC)cs4)o3)N(CC(C)CCCCCC)C(=O)C2=C1C1CC=C(C2=CC(CCCCCC)CS2)O1. The Hall–Kier alpha value is -2.97. The van der Waals surface area contributed by atoms with Gasteiger partial charge in [-0.1, -0.05) is 182 Å². The maximum absolute atomic E-state index is 15.6. The second kappa shape index (κ2) is 28.6. The standard InChI is InChI=1S/C59H90N2O4S2/c1-7-12-17-22-23-28-31-45(30-25-19-14-9-3)41-61-57(51-37-35-49(65-51)53-39-47(43-67-53)33-27-21-16-11-5)55-54(59(61)63)56(60(58(55)62)40-44(6)29-24-18-13-8-2)50-36-34-48(64-50)52-38-46(42-66-52)32-26-20-15-10-4/h34-36,38-39,42,44-45,47,51H,7-33,37,40-41,43H2,1-6H3. The molecule has 0 aliphatic carbocycles. The highest BCUT2D eigenvalue weighted by molar-refractivity contribution is 8.03. The first-order valence-electron chi connectivity index (χ1n) is 27.8. The summed E-state index contributed by atoms with van der Waals surface area (Å²) in [7, 11) is 0. The lowest BCUT2D eigenvalue weighted by molar-refractivity contribution is -0.125. The van der Waals surface area contributed by atoms with Crippen molar-refractivity contribution in [1.82, 2.24) is 9.80 Å². The van der Waals surface area contributed by atoms with Crippen molar-refractivity contribution < 1.29 is 18.7 Å². The Labute approximate surface area is 416 Å². The normalized spacial score (nSPS) is 19.3. The zero-order valence-electron chi connectivity index (χ0n) is 43.0. The molecule has 372 valence electrons. The average Bonchev–Trinajstić information content (AvgIpc) is 4.21. The fourth-order valence-electron chi connectivity index (χ4n) is 10.8. The van der Waals surface area contributed by atoms with Crippen LogP contribution in [0.15, 0.2) is 67.7 Å². The molecule has 0 radical (unpaired) electrons. The van der Waals surface area contributed by atoms with E-state index >= 15 is 9.59 Å². The van der Waals surface area contributed by atoms with E-state index in [2.05, 4.69) is 71.2 Å². The van der Waals surface area contributed by atoms with Crippen LogP contribution in [-0.2, 0) is 20.7 Å². The van der Waals surface area contributed by atoms with Gasteiger partial charge in [0.05, 0.1) is 21.7 Å². The molecular weight excluding hydrogens is 865 g/mol. The molecule has 6 nitrogen and oxygen atoms in total. The summed E-state index contributed by atoms with van der Waals surface area (Å²) < 4.78 is 13.9. The van der Waals surface area contributed by atoms with Crippen LogP contribution in [0.2, 0.25) is 0 Å². The number of amides is 2. The lowest BCUT2D eigenvalue weighted by Gasteiger charge is -2.31. The Kier molecular flexibility index (Phi) is 22.8. The lowest BCUT2D eigenvalue weighted by atomic mass is 9.93. The van der Waals surface area contributed by atoms with Gasteiger partial charge in [-0.2, -0.15) is 0 Å². The van der Waals surface area contributed by atoms with Gasteiger partial charge >= 0.3 is 0 Å². The number of carbonyl (C=O) groups excluding carboxylic acids is 2. The number of hydrogen-bond donors (Lipinski definition) is 0. The number of carbonyl (C=O) groups is 2. The molecule has 2 amide bonds. The molecule has 4 aliphatic rings. The van der Waals surface area contributed by atoms with Crippen molar-refractivity contribution in [3.05, 3.63) is 74.6 Å². The number of hydrogen-bond acceptors (Lipinski definition) is 6. The maximum Gasteiger partial charge on any atom is 0.261 e. The highest BCUT2D eigenvalue weighted by atomic mass is 32.2. The van der Waals surface area contributed by atoms with E-state index in [-0.39, 0.29) is 17.7 Å². The number of allylic oxidation sites excluding steroid dienone is 1. The third kappa shape index (κ3) is 15.0. The number of thiophene rings is 1. The Morgan fingerprint density at radius 3 is 1.97 bits per heavy atom. The fourth-order valence-corrected chi connectivity index (χ4v) is 12.9. The number of aryl methyl sites for hydroxylation is 1. The Balaban J connectivity index is 1.35. The van der Waals surface area contributed by atoms with Crippen molar-refractivity contribution >= 4 is 40.6 Å². The van der Waals surface area contributed by atoms with E-state index in [4.69, 9.17) is 9.15 Å². The smallest absolute Gasteiger partial charge is 0.261 e. The van der Waals surface area contributed by atoms with Gasteiger partial charge in [-0.25, -0.2) is 0 Å². The quantitative estimate of drug-likeness (QED) is 0.0644. The molecule has 0 fully saturated rings. The van der Waals surface area contributed by atoms with Crippen LogP contribution in [0, 0.1) is 17.8 Å². The number of unbranched alkanes of at least 4 members (excludes halogenated alkanes) is 17. The second-order valence-electron chi connectivity index (χ2n) is 20.7. The molecule has 67 heavy (non-hydrogen) atoms. The van der Waals surface area contributed by atoms with E-state index in [1.807, 2.05) is 27.6 Å².